The summed E-state index contributed by atoms with van der Waals surface area (Å²) in [6.45, 7) is 2.90. The highest BCUT2D eigenvalue weighted by molar-refractivity contribution is 6.32. The van der Waals surface area contributed by atoms with Crippen molar-refractivity contribution in [1.82, 2.24) is 9.97 Å². The van der Waals surface area contributed by atoms with E-state index in [-0.39, 0.29) is 0 Å². The van der Waals surface area contributed by atoms with Crippen LogP contribution >= 0.6 is 11.6 Å². The maximum atomic E-state index is 6.39. The number of hydrogen-bond donors (Lipinski definition) is 0. The number of nitrogens with zero attached hydrogens (tertiary/aromatic N) is 2. The van der Waals surface area contributed by atoms with E-state index in [1.54, 1.807) is 0 Å². The molecule has 4 heteroatoms. The topological polar surface area (TPSA) is 35.0 Å². The third-order valence-electron chi connectivity index (χ3n) is 4.47. The quantitative estimate of drug-likeness (QED) is 0.692. The van der Waals surface area contributed by atoms with Gasteiger partial charge in [-0.05, 0) is 68.2 Å². The Hall–Kier alpha value is -1.61. The molecule has 0 saturated heterocycles. The highest BCUT2D eigenvalue weighted by atomic mass is 35.5. The molecule has 1 fully saturated rings. The van der Waals surface area contributed by atoms with Crippen molar-refractivity contribution in [3.05, 3.63) is 47.6 Å². The Kier molecular flexibility index (Phi) is 6.08. The molecule has 2 aromatic rings. The van der Waals surface area contributed by atoms with Gasteiger partial charge in [0.15, 0.2) is 5.82 Å². The zero-order valence-corrected chi connectivity index (χ0v) is 14.9. The molecule has 0 N–H and O–H groups in total. The minimum Gasteiger partial charge on any atom is -0.492 e. The summed E-state index contributed by atoms with van der Waals surface area (Å²) in [7, 11) is 0. The molecule has 1 aromatic heterocycles. The number of rotatable bonds is 6. The maximum Gasteiger partial charge on any atom is 0.159 e. The van der Waals surface area contributed by atoms with Crippen LogP contribution < -0.4 is 4.74 Å². The summed E-state index contributed by atoms with van der Waals surface area (Å²) in [5.41, 5.74) is 2.08. The Morgan fingerprint density at radius 3 is 2.58 bits per heavy atom. The van der Waals surface area contributed by atoms with Gasteiger partial charge in [-0.2, -0.15) is 0 Å². The fourth-order valence-corrected chi connectivity index (χ4v) is 3.28. The van der Waals surface area contributed by atoms with E-state index in [1.165, 1.54) is 25.7 Å². The number of hydrogen-bond acceptors (Lipinski definition) is 3. The summed E-state index contributed by atoms with van der Waals surface area (Å²) in [4.78, 5) is 8.89. The summed E-state index contributed by atoms with van der Waals surface area (Å²) < 4.78 is 5.93. The minimum atomic E-state index is 0.621. The lowest BCUT2D eigenvalue weighted by Crippen LogP contribution is -2.15. The van der Waals surface area contributed by atoms with Crippen molar-refractivity contribution in [1.29, 1.82) is 0 Å². The van der Waals surface area contributed by atoms with E-state index in [0.717, 1.165) is 36.3 Å². The Balaban J connectivity index is 1.65. The number of ether oxygens (including phenoxy) is 1. The van der Waals surface area contributed by atoms with Crippen molar-refractivity contribution >= 4 is 11.6 Å². The van der Waals surface area contributed by atoms with Gasteiger partial charge in [0.05, 0.1) is 11.6 Å². The normalized spacial score (nSPS) is 15.4. The van der Waals surface area contributed by atoms with Crippen LogP contribution in [0.1, 0.15) is 44.6 Å². The summed E-state index contributed by atoms with van der Waals surface area (Å²) >= 11 is 6.39. The molecule has 0 unspecified atom stereocenters. The van der Waals surface area contributed by atoms with Crippen LogP contribution in [-0.4, -0.2) is 16.6 Å². The summed E-state index contributed by atoms with van der Waals surface area (Å²) in [5, 5.41) is 0.621. The van der Waals surface area contributed by atoms with Crippen LogP contribution in [0.4, 0.5) is 0 Å². The molecular weight excluding hydrogens is 320 g/mol. The molecule has 0 aliphatic heterocycles. The molecule has 3 rings (SSSR count). The van der Waals surface area contributed by atoms with Crippen LogP contribution in [0.15, 0.2) is 30.6 Å². The van der Waals surface area contributed by atoms with Crippen LogP contribution in [0.5, 0.6) is 5.75 Å². The number of aromatic nitrogens is 2. The average molecular weight is 344 g/mol. The summed E-state index contributed by atoms with van der Waals surface area (Å²) in [5.74, 6) is 2.09. The third-order valence-corrected chi connectivity index (χ3v) is 4.76. The number of aryl methyl sites for hydroxylation is 1. The maximum absolute atomic E-state index is 6.39. The van der Waals surface area contributed by atoms with Gasteiger partial charge in [0.2, 0.25) is 0 Å². The Morgan fingerprint density at radius 2 is 1.92 bits per heavy atom. The van der Waals surface area contributed by atoms with Crippen molar-refractivity contribution in [2.75, 3.05) is 6.61 Å². The largest absolute Gasteiger partial charge is 0.492 e. The Bertz CT molecular complexity index is 651. The van der Waals surface area contributed by atoms with Crippen LogP contribution in [0, 0.1) is 12.3 Å². The van der Waals surface area contributed by atoms with E-state index in [0.29, 0.717) is 16.8 Å². The van der Waals surface area contributed by atoms with Crippen LogP contribution in [-0.2, 0) is 6.42 Å². The van der Waals surface area contributed by atoms with E-state index in [4.69, 9.17) is 16.3 Å². The summed E-state index contributed by atoms with van der Waals surface area (Å²) in [6.07, 6.45) is 13.1. The van der Waals surface area contributed by atoms with E-state index in [9.17, 15) is 0 Å². The monoisotopic (exact) mass is 343 g/mol. The fourth-order valence-electron chi connectivity index (χ4n) is 3.05. The van der Waals surface area contributed by atoms with Crippen molar-refractivity contribution in [3.63, 3.8) is 0 Å². The predicted molar refractivity (Wildman–Crippen MR) is 98.2 cm³/mol. The fraction of sp³-hybridized carbons (Fsp3) is 0.450. The van der Waals surface area contributed by atoms with E-state index in [1.807, 2.05) is 30.6 Å². The molecule has 1 aliphatic carbocycles. The van der Waals surface area contributed by atoms with Gasteiger partial charge < -0.3 is 4.74 Å². The van der Waals surface area contributed by atoms with Gasteiger partial charge in [0.1, 0.15) is 5.75 Å². The second kappa shape index (κ2) is 8.48. The Labute approximate surface area is 149 Å². The zero-order chi connectivity index (χ0) is 16.8. The lowest BCUT2D eigenvalue weighted by Gasteiger charge is -2.21. The molecule has 0 bridgehead atoms. The molecule has 1 aromatic carbocycles. The van der Waals surface area contributed by atoms with Gasteiger partial charge in [0.25, 0.3) is 0 Å². The molecule has 0 spiro atoms. The molecular formula is C20H24ClN2O. The van der Waals surface area contributed by atoms with Crippen LogP contribution in [0.25, 0.3) is 11.4 Å². The van der Waals surface area contributed by atoms with Crippen molar-refractivity contribution in [2.45, 2.75) is 45.4 Å². The van der Waals surface area contributed by atoms with Crippen molar-refractivity contribution in [2.24, 2.45) is 5.92 Å². The SMILES string of the molecule is CCCc1cnc(-c2ccc(OCC3CC[CH]CC3)c(Cl)c2)nc1. The first kappa shape index (κ1) is 17.2. The van der Waals surface area contributed by atoms with Crippen LogP contribution in [0.2, 0.25) is 5.02 Å². The predicted octanol–water partition coefficient (Wildman–Crippen LogP) is 5.52. The first-order valence-electron chi connectivity index (χ1n) is 8.81. The van der Waals surface area contributed by atoms with Gasteiger partial charge in [-0.15, -0.1) is 0 Å². The van der Waals surface area contributed by atoms with E-state index in [2.05, 4.69) is 23.3 Å². The number of halogens is 1. The molecule has 0 amide bonds. The standard InChI is InChI=1S/C20H24ClN2O/c1-2-6-16-12-22-20(23-13-16)17-9-10-19(18(21)11-17)24-14-15-7-4-3-5-8-15/h3,9-13,15H,2,4-8,14H2,1H3. The third kappa shape index (κ3) is 4.47. The second-order valence-corrected chi connectivity index (χ2v) is 6.84. The van der Waals surface area contributed by atoms with E-state index >= 15 is 0 Å². The summed E-state index contributed by atoms with van der Waals surface area (Å²) in [6, 6.07) is 5.79. The minimum absolute atomic E-state index is 0.621. The van der Waals surface area contributed by atoms with Gasteiger partial charge in [-0.25, -0.2) is 9.97 Å². The molecule has 1 heterocycles. The number of benzene rings is 1. The molecule has 1 saturated carbocycles. The molecule has 1 aliphatic rings. The van der Waals surface area contributed by atoms with Gasteiger partial charge in [0, 0.05) is 18.0 Å². The second-order valence-electron chi connectivity index (χ2n) is 6.43. The first-order valence-corrected chi connectivity index (χ1v) is 9.19. The Morgan fingerprint density at radius 1 is 1.17 bits per heavy atom. The smallest absolute Gasteiger partial charge is 0.159 e. The molecule has 1 radical (unpaired) electrons. The average Bonchev–Trinajstić information content (AvgIpc) is 2.62. The lowest BCUT2D eigenvalue weighted by molar-refractivity contribution is 0.221. The lowest BCUT2D eigenvalue weighted by atomic mass is 9.90. The van der Waals surface area contributed by atoms with Crippen molar-refractivity contribution in [3.8, 4) is 17.1 Å². The molecule has 3 nitrogen and oxygen atoms in total. The first-order chi connectivity index (χ1) is 11.8. The van der Waals surface area contributed by atoms with Gasteiger partial charge in [-0.1, -0.05) is 24.9 Å². The molecule has 24 heavy (non-hydrogen) atoms. The van der Waals surface area contributed by atoms with Gasteiger partial charge in [-0.3, -0.25) is 0 Å². The van der Waals surface area contributed by atoms with Crippen LogP contribution in [0.3, 0.4) is 0 Å². The molecule has 0 atom stereocenters. The highest BCUT2D eigenvalue weighted by Crippen LogP contribution is 2.31. The van der Waals surface area contributed by atoms with Gasteiger partial charge >= 0.3 is 0 Å². The molecule has 127 valence electrons. The van der Waals surface area contributed by atoms with Crippen molar-refractivity contribution < 1.29 is 4.74 Å². The zero-order valence-electron chi connectivity index (χ0n) is 14.2. The highest BCUT2D eigenvalue weighted by Gasteiger charge is 2.15. The van der Waals surface area contributed by atoms with E-state index < -0.39 is 0 Å².